The standard InChI is InChI=1S/C21H36N4O4.HI/c1-7-22-19(23-12-9-13-24-20(26)29-21(3,4)5)25-15-16-10-11-17(28-8-2)18(14-16)27-6;/h10-11,14H,7-9,12-13,15H2,1-6H3,(H,24,26)(H2,22,23,25);1H. The number of nitrogens with zero attached hydrogens (tertiary/aromatic N) is 1. The van der Waals surface area contributed by atoms with Gasteiger partial charge in [-0.15, -0.1) is 24.0 Å². The van der Waals surface area contributed by atoms with Gasteiger partial charge in [-0.3, -0.25) is 0 Å². The minimum atomic E-state index is -0.489. The van der Waals surface area contributed by atoms with E-state index in [-0.39, 0.29) is 24.0 Å². The van der Waals surface area contributed by atoms with Gasteiger partial charge in [0.1, 0.15) is 5.60 Å². The molecule has 9 heteroatoms. The third kappa shape index (κ3) is 11.9. The Kier molecular flexibility index (Phi) is 14.0. The fraction of sp³-hybridized carbons (Fsp3) is 0.619. The number of halogens is 1. The maximum atomic E-state index is 11.6. The normalized spacial score (nSPS) is 11.2. The molecule has 0 radical (unpaired) electrons. The van der Waals surface area contributed by atoms with Crippen molar-refractivity contribution in [2.45, 2.75) is 53.2 Å². The highest BCUT2D eigenvalue weighted by molar-refractivity contribution is 14.0. The molecule has 1 aromatic carbocycles. The molecule has 8 nitrogen and oxygen atoms in total. The molecule has 0 spiro atoms. The minimum absolute atomic E-state index is 0. The second-order valence-corrected chi connectivity index (χ2v) is 7.32. The van der Waals surface area contributed by atoms with Crippen molar-refractivity contribution < 1.29 is 19.0 Å². The summed E-state index contributed by atoms with van der Waals surface area (Å²) in [6, 6.07) is 5.81. The minimum Gasteiger partial charge on any atom is -0.493 e. The first-order chi connectivity index (χ1) is 13.8. The van der Waals surface area contributed by atoms with E-state index in [4.69, 9.17) is 14.2 Å². The third-order valence-electron chi connectivity index (χ3n) is 3.61. The molecule has 0 saturated heterocycles. The molecule has 172 valence electrons. The molecular weight excluding hydrogens is 499 g/mol. The number of amides is 1. The fourth-order valence-electron chi connectivity index (χ4n) is 2.40. The smallest absolute Gasteiger partial charge is 0.407 e. The van der Waals surface area contributed by atoms with Crippen molar-refractivity contribution in [2.75, 3.05) is 33.4 Å². The largest absolute Gasteiger partial charge is 0.493 e. The molecule has 1 amide bonds. The van der Waals surface area contributed by atoms with Crippen LogP contribution in [0.2, 0.25) is 0 Å². The van der Waals surface area contributed by atoms with Gasteiger partial charge in [-0.1, -0.05) is 6.07 Å². The summed E-state index contributed by atoms with van der Waals surface area (Å²) >= 11 is 0. The third-order valence-corrected chi connectivity index (χ3v) is 3.61. The lowest BCUT2D eigenvalue weighted by Crippen LogP contribution is -2.39. The molecule has 0 aliphatic heterocycles. The molecule has 1 aromatic rings. The summed E-state index contributed by atoms with van der Waals surface area (Å²) < 4.78 is 16.1. The van der Waals surface area contributed by atoms with E-state index in [1.54, 1.807) is 7.11 Å². The number of rotatable bonds is 10. The van der Waals surface area contributed by atoms with E-state index in [9.17, 15) is 4.79 Å². The van der Waals surface area contributed by atoms with Crippen LogP contribution in [0.4, 0.5) is 4.79 Å². The molecule has 0 aliphatic carbocycles. The zero-order valence-corrected chi connectivity index (χ0v) is 21.3. The highest BCUT2D eigenvalue weighted by atomic mass is 127. The molecule has 30 heavy (non-hydrogen) atoms. The van der Waals surface area contributed by atoms with Crippen LogP contribution in [0.3, 0.4) is 0 Å². The Morgan fingerprint density at radius 2 is 1.77 bits per heavy atom. The number of carbonyl (C=O) groups is 1. The van der Waals surface area contributed by atoms with Crippen LogP contribution in [-0.4, -0.2) is 51.0 Å². The van der Waals surface area contributed by atoms with Gasteiger partial charge >= 0.3 is 6.09 Å². The summed E-state index contributed by atoms with van der Waals surface area (Å²) in [5.74, 6) is 2.15. The highest BCUT2D eigenvalue weighted by Crippen LogP contribution is 2.28. The van der Waals surface area contributed by atoms with E-state index < -0.39 is 11.7 Å². The monoisotopic (exact) mass is 536 g/mol. The summed E-state index contributed by atoms with van der Waals surface area (Å²) in [7, 11) is 1.63. The predicted octanol–water partition coefficient (Wildman–Crippen LogP) is 3.68. The lowest BCUT2D eigenvalue weighted by atomic mass is 10.2. The quantitative estimate of drug-likeness (QED) is 0.183. The molecular formula is C21H37IN4O4. The van der Waals surface area contributed by atoms with Gasteiger partial charge in [0.05, 0.1) is 20.3 Å². The number of benzene rings is 1. The first kappa shape index (κ1) is 28.1. The topological polar surface area (TPSA) is 93.2 Å². The van der Waals surface area contributed by atoms with Gasteiger partial charge in [0.25, 0.3) is 0 Å². The lowest BCUT2D eigenvalue weighted by molar-refractivity contribution is 0.0527. The maximum Gasteiger partial charge on any atom is 0.407 e. The molecule has 0 aliphatic rings. The number of hydrogen-bond donors (Lipinski definition) is 3. The average molecular weight is 536 g/mol. The van der Waals surface area contributed by atoms with Crippen molar-refractivity contribution in [3.05, 3.63) is 23.8 Å². The van der Waals surface area contributed by atoms with Gasteiger partial charge in [0.15, 0.2) is 17.5 Å². The number of carbonyl (C=O) groups excluding carboxylic acids is 1. The van der Waals surface area contributed by atoms with E-state index in [1.807, 2.05) is 52.8 Å². The van der Waals surface area contributed by atoms with Gasteiger partial charge in [-0.05, 0) is 58.7 Å². The lowest BCUT2D eigenvalue weighted by Gasteiger charge is -2.19. The number of ether oxygens (including phenoxy) is 3. The Morgan fingerprint density at radius 3 is 2.37 bits per heavy atom. The Balaban J connectivity index is 0.00000841. The van der Waals surface area contributed by atoms with Crippen LogP contribution in [0, 0.1) is 0 Å². The van der Waals surface area contributed by atoms with Gasteiger partial charge in [0, 0.05) is 19.6 Å². The first-order valence-corrected chi connectivity index (χ1v) is 10.1. The summed E-state index contributed by atoms with van der Waals surface area (Å²) in [5, 5.41) is 9.22. The Labute approximate surface area is 197 Å². The number of guanidine groups is 1. The highest BCUT2D eigenvalue weighted by Gasteiger charge is 2.15. The van der Waals surface area contributed by atoms with Gasteiger partial charge in [0.2, 0.25) is 0 Å². The van der Waals surface area contributed by atoms with Crippen LogP contribution in [0.5, 0.6) is 11.5 Å². The van der Waals surface area contributed by atoms with Crippen LogP contribution in [-0.2, 0) is 11.3 Å². The summed E-state index contributed by atoms with van der Waals surface area (Å²) in [6.07, 6.45) is 0.350. The van der Waals surface area contributed by atoms with Crippen molar-refractivity contribution in [3.8, 4) is 11.5 Å². The maximum absolute atomic E-state index is 11.6. The van der Waals surface area contributed by atoms with E-state index in [1.165, 1.54) is 0 Å². The van der Waals surface area contributed by atoms with Gasteiger partial charge < -0.3 is 30.2 Å². The molecule has 1 rings (SSSR count). The number of nitrogens with one attached hydrogen (secondary N) is 3. The number of aliphatic imine (C=N–C) groups is 1. The number of alkyl carbamates (subject to hydrolysis) is 1. The SMILES string of the molecule is CCNC(=NCc1ccc(OCC)c(OC)c1)NCCCNC(=O)OC(C)(C)C.I. The van der Waals surface area contributed by atoms with E-state index >= 15 is 0 Å². The fourth-order valence-corrected chi connectivity index (χ4v) is 2.40. The zero-order valence-electron chi connectivity index (χ0n) is 19.0. The van der Waals surface area contributed by atoms with E-state index in [0.717, 1.165) is 30.2 Å². The first-order valence-electron chi connectivity index (χ1n) is 10.1. The van der Waals surface area contributed by atoms with Crippen molar-refractivity contribution in [1.29, 1.82) is 0 Å². The zero-order chi connectivity index (χ0) is 21.7. The Hall–Kier alpha value is -1.91. The number of methoxy groups -OCH3 is 1. The second-order valence-electron chi connectivity index (χ2n) is 7.32. The van der Waals surface area contributed by atoms with Crippen LogP contribution in [0.1, 0.15) is 46.6 Å². The van der Waals surface area contributed by atoms with Gasteiger partial charge in [-0.2, -0.15) is 0 Å². The number of hydrogen-bond acceptors (Lipinski definition) is 5. The van der Waals surface area contributed by atoms with Crippen LogP contribution < -0.4 is 25.4 Å². The van der Waals surface area contributed by atoms with Crippen LogP contribution >= 0.6 is 24.0 Å². The van der Waals surface area contributed by atoms with Crippen molar-refractivity contribution in [1.82, 2.24) is 16.0 Å². The van der Waals surface area contributed by atoms with Crippen LogP contribution in [0.15, 0.2) is 23.2 Å². The molecule has 0 unspecified atom stereocenters. The molecule has 0 aromatic heterocycles. The Bertz CT molecular complexity index is 663. The molecule has 0 fully saturated rings. The summed E-state index contributed by atoms with van der Waals surface area (Å²) in [6.45, 7) is 12.5. The van der Waals surface area contributed by atoms with E-state index in [2.05, 4.69) is 20.9 Å². The molecule has 0 saturated carbocycles. The molecule has 0 atom stereocenters. The average Bonchev–Trinajstić information content (AvgIpc) is 2.65. The summed E-state index contributed by atoms with van der Waals surface area (Å²) in [4.78, 5) is 16.2. The second kappa shape index (κ2) is 15.0. The summed E-state index contributed by atoms with van der Waals surface area (Å²) in [5.41, 5.74) is 0.533. The van der Waals surface area contributed by atoms with Crippen molar-refractivity contribution >= 4 is 36.0 Å². The molecule has 0 heterocycles. The predicted molar refractivity (Wildman–Crippen MR) is 131 cm³/mol. The van der Waals surface area contributed by atoms with Crippen molar-refractivity contribution in [3.63, 3.8) is 0 Å². The van der Waals surface area contributed by atoms with Gasteiger partial charge in [-0.25, -0.2) is 9.79 Å². The van der Waals surface area contributed by atoms with Crippen molar-refractivity contribution in [2.24, 2.45) is 4.99 Å². The van der Waals surface area contributed by atoms with E-state index in [0.29, 0.717) is 32.0 Å². The Morgan fingerprint density at radius 1 is 1.07 bits per heavy atom. The van der Waals surface area contributed by atoms with Crippen LogP contribution in [0.25, 0.3) is 0 Å². The molecule has 0 bridgehead atoms. The molecule has 3 N–H and O–H groups in total.